The van der Waals surface area contributed by atoms with Crippen LogP contribution in [0.15, 0.2) is 12.7 Å². The van der Waals surface area contributed by atoms with Gasteiger partial charge in [-0.15, -0.1) is 0 Å². The summed E-state index contributed by atoms with van der Waals surface area (Å²) < 4.78 is 61.2. The van der Waals surface area contributed by atoms with Crippen LogP contribution in [0.5, 0.6) is 0 Å². The van der Waals surface area contributed by atoms with Crippen LogP contribution < -0.4 is 0 Å². The molecule has 0 fully saturated rings. The van der Waals surface area contributed by atoms with Gasteiger partial charge in [-0.25, -0.2) is 4.79 Å². The Hall–Kier alpha value is -0.970. The summed E-state index contributed by atoms with van der Waals surface area (Å²) in [7, 11) is -9.96. The average Bonchev–Trinajstić information content (AvgIpc) is 2.07. The van der Waals surface area contributed by atoms with Crippen molar-refractivity contribution in [3.8, 4) is 0 Å². The maximum absolute atomic E-state index is 10.6. The fourth-order valence-corrected chi connectivity index (χ4v) is 2.78. The Morgan fingerprint density at radius 2 is 1.69 bits per heavy atom. The third-order valence-electron chi connectivity index (χ3n) is 1.43. The van der Waals surface area contributed by atoms with Crippen molar-refractivity contribution < 1.29 is 35.5 Å². The van der Waals surface area contributed by atoms with Crippen molar-refractivity contribution in [1.82, 2.24) is 0 Å². The normalized spacial score (nSPS) is 12.4. The van der Waals surface area contributed by atoms with Gasteiger partial charge in [0.1, 0.15) is 0 Å². The van der Waals surface area contributed by atoms with E-state index < -0.39 is 43.8 Å². The van der Waals surface area contributed by atoms with E-state index in [0.29, 0.717) is 0 Å². The fraction of sp³-hybridized carbons (Fsp3) is 0.500. The second-order valence-corrected chi connectivity index (χ2v) is 6.12. The number of hydrogen-bond donors (Lipinski definition) is 2. The monoisotopic (exact) mass is 274 g/mol. The van der Waals surface area contributed by atoms with Crippen molar-refractivity contribution in [3.05, 3.63) is 12.7 Å². The van der Waals surface area contributed by atoms with Gasteiger partial charge in [0.2, 0.25) is 4.58 Å². The third-order valence-corrected chi connectivity index (χ3v) is 4.69. The highest BCUT2D eigenvalue weighted by atomic mass is 32.3. The Morgan fingerprint density at radius 1 is 1.25 bits per heavy atom. The molecule has 8 nitrogen and oxygen atoms in total. The van der Waals surface area contributed by atoms with Gasteiger partial charge < -0.3 is 4.74 Å². The van der Waals surface area contributed by atoms with Gasteiger partial charge in [-0.05, 0) is 0 Å². The van der Waals surface area contributed by atoms with Crippen LogP contribution in [-0.4, -0.2) is 43.1 Å². The molecule has 0 rings (SSSR count). The zero-order valence-electron chi connectivity index (χ0n) is 7.94. The summed E-state index contributed by atoms with van der Waals surface area (Å²) in [5.41, 5.74) is 0. The average molecular weight is 274 g/mol. The molecule has 0 saturated carbocycles. The molecule has 0 spiro atoms. The molecule has 0 aliphatic carbocycles. The van der Waals surface area contributed by atoms with Crippen LogP contribution in [0.4, 0.5) is 0 Å². The van der Waals surface area contributed by atoms with Crippen molar-refractivity contribution in [2.75, 3.05) is 6.61 Å². The van der Waals surface area contributed by atoms with Crippen LogP contribution in [0.1, 0.15) is 6.42 Å². The lowest BCUT2D eigenvalue weighted by Gasteiger charge is -2.10. The van der Waals surface area contributed by atoms with E-state index in [2.05, 4.69) is 11.3 Å². The first-order valence-corrected chi connectivity index (χ1v) is 6.81. The zero-order chi connectivity index (χ0) is 13.0. The quantitative estimate of drug-likeness (QED) is 0.365. The van der Waals surface area contributed by atoms with Gasteiger partial charge in [-0.2, -0.15) is 16.8 Å². The maximum atomic E-state index is 10.6. The molecule has 0 amide bonds. The van der Waals surface area contributed by atoms with E-state index in [1.54, 1.807) is 0 Å². The largest absolute Gasteiger partial charge is 0.462 e. The molecule has 0 atom stereocenters. The molecule has 16 heavy (non-hydrogen) atoms. The van der Waals surface area contributed by atoms with Gasteiger partial charge in [-0.3, -0.25) is 9.11 Å². The van der Waals surface area contributed by atoms with Crippen LogP contribution in [0.2, 0.25) is 0 Å². The molecule has 94 valence electrons. The molecule has 0 aromatic heterocycles. The molecule has 0 bridgehead atoms. The minimum absolute atomic E-state index is 0.602. The van der Waals surface area contributed by atoms with Crippen LogP contribution in [-0.2, 0) is 29.8 Å². The summed E-state index contributed by atoms with van der Waals surface area (Å²) in [5.74, 6) is -0.885. The standard InChI is InChI=1S/C6H10O8S2/c1-2-5(7)14-4-3-6(15(8,9)10)16(11,12)13/h2,6H,1,3-4H2,(H,8,9,10)(H,11,12,13). The molecule has 0 unspecified atom stereocenters. The van der Waals surface area contributed by atoms with E-state index in [0.717, 1.165) is 6.08 Å². The topological polar surface area (TPSA) is 135 Å². The van der Waals surface area contributed by atoms with Crippen molar-refractivity contribution in [3.63, 3.8) is 0 Å². The first-order chi connectivity index (χ1) is 7.09. The van der Waals surface area contributed by atoms with Crippen molar-refractivity contribution in [1.29, 1.82) is 0 Å². The van der Waals surface area contributed by atoms with E-state index >= 15 is 0 Å². The van der Waals surface area contributed by atoms with Gasteiger partial charge in [0, 0.05) is 12.5 Å². The molecule has 0 heterocycles. The number of carbonyl (C=O) groups is 1. The van der Waals surface area contributed by atoms with Gasteiger partial charge >= 0.3 is 5.97 Å². The van der Waals surface area contributed by atoms with E-state index in [9.17, 15) is 21.6 Å². The molecule has 2 N–H and O–H groups in total. The first kappa shape index (κ1) is 15.0. The summed E-state index contributed by atoms with van der Waals surface area (Å²) in [4.78, 5) is 10.5. The Balaban J connectivity index is 4.62. The molecular weight excluding hydrogens is 264 g/mol. The summed E-state index contributed by atoms with van der Waals surface area (Å²) in [5, 5.41) is 0. The Bertz CT molecular complexity index is 427. The predicted molar refractivity (Wildman–Crippen MR) is 52.7 cm³/mol. The summed E-state index contributed by atoms with van der Waals surface area (Å²) in [6.45, 7) is 2.44. The number of hydrogen-bond acceptors (Lipinski definition) is 6. The first-order valence-electron chi connectivity index (χ1n) is 3.81. The molecule has 0 saturated heterocycles. The molecular formula is C6H10O8S2. The van der Waals surface area contributed by atoms with E-state index in [1.165, 1.54) is 0 Å². The van der Waals surface area contributed by atoms with Crippen molar-refractivity contribution in [2.24, 2.45) is 0 Å². The lowest BCUT2D eigenvalue weighted by atomic mass is 10.5. The van der Waals surface area contributed by atoms with Crippen molar-refractivity contribution >= 4 is 26.2 Å². The highest BCUT2D eigenvalue weighted by Gasteiger charge is 2.35. The zero-order valence-corrected chi connectivity index (χ0v) is 9.57. The smallest absolute Gasteiger partial charge is 0.330 e. The minimum atomic E-state index is -4.98. The maximum Gasteiger partial charge on any atom is 0.330 e. The molecule has 0 aliphatic heterocycles. The third kappa shape index (κ3) is 5.21. The van der Waals surface area contributed by atoms with Gasteiger partial charge in [0.05, 0.1) is 6.61 Å². The molecule has 0 aromatic carbocycles. The van der Waals surface area contributed by atoms with Crippen LogP contribution >= 0.6 is 0 Å². The molecule has 0 aromatic rings. The predicted octanol–water partition coefficient (Wildman–Crippen LogP) is -0.793. The Kier molecular flexibility index (Phi) is 5.06. The number of esters is 1. The second kappa shape index (κ2) is 5.39. The lowest BCUT2D eigenvalue weighted by Crippen LogP contribution is -2.31. The van der Waals surface area contributed by atoms with Crippen LogP contribution in [0, 0.1) is 0 Å². The van der Waals surface area contributed by atoms with Gasteiger partial charge in [-0.1, -0.05) is 6.58 Å². The summed E-state index contributed by atoms with van der Waals surface area (Å²) in [6.07, 6.45) is 0.00709. The van der Waals surface area contributed by atoms with Crippen LogP contribution in [0.3, 0.4) is 0 Å². The highest BCUT2D eigenvalue weighted by molar-refractivity contribution is 8.03. The molecule has 0 radical (unpaired) electrons. The summed E-state index contributed by atoms with van der Waals surface area (Å²) in [6, 6.07) is 0. The second-order valence-electron chi connectivity index (χ2n) is 2.62. The van der Waals surface area contributed by atoms with Gasteiger partial charge in [0.25, 0.3) is 20.2 Å². The van der Waals surface area contributed by atoms with Crippen LogP contribution in [0.25, 0.3) is 0 Å². The van der Waals surface area contributed by atoms with Gasteiger partial charge in [0.15, 0.2) is 0 Å². The number of carbonyl (C=O) groups excluding carboxylic acids is 1. The SMILES string of the molecule is C=CC(=O)OCCC(S(=O)(=O)O)S(=O)(=O)O. The van der Waals surface area contributed by atoms with E-state index in [4.69, 9.17) is 9.11 Å². The fourth-order valence-electron chi connectivity index (χ4n) is 0.766. The Morgan fingerprint density at radius 3 is 2.00 bits per heavy atom. The van der Waals surface area contributed by atoms with E-state index in [1.807, 2.05) is 0 Å². The molecule has 10 heteroatoms. The molecule has 0 aliphatic rings. The minimum Gasteiger partial charge on any atom is -0.462 e. The number of ether oxygens (including phenoxy) is 1. The van der Waals surface area contributed by atoms with E-state index in [-0.39, 0.29) is 0 Å². The Labute approximate surface area is 92.4 Å². The highest BCUT2D eigenvalue weighted by Crippen LogP contribution is 2.11. The summed E-state index contributed by atoms with van der Waals surface area (Å²) >= 11 is 0. The lowest BCUT2D eigenvalue weighted by molar-refractivity contribution is -0.137. The number of rotatable bonds is 6. The van der Waals surface area contributed by atoms with Crippen molar-refractivity contribution in [2.45, 2.75) is 11.0 Å².